The van der Waals surface area contributed by atoms with E-state index in [-0.39, 0.29) is 6.04 Å². The van der Waals surface area contributed by atoms with Gasteiger partial charge in [-0.2, -0.15) is 0 Å². The Bertz CT molecular complexity index is 551. The molecule has 0 saturated heterocycles. The molecule has 2 heterocycles. The topological polar surface area (TPSA) is 63.8 Å². The van der Waals surface area contributed by atoms with E-state index in [2.05, 4.69) is 21.5 Å². The van der Waals surface area contributed by atoms with Crippen molar-refractivity contribution in [2.24, 2.45) is 5.84 Å². The second-order valence-electron chi connectivity index (χ2n) is 4.55. The van der Waals surface area contributed by atoms with E-state index in [9.17, 15) is 0 Å². The Balaban J connectivity index is 2.49. The Morgan fingerprint density at radius 3 is 2.56 bits per heavy atom. The van der Waals surface area contributed by atoms with Crippen molar-refractivity contribution < 1.29 is 0 Å². The molecule has 2 rings (SSSR count). The minimum Gasteiger partial charge on any atom is -0.271 e. The summed E-state index contributed by atoms with van der Waals surface area (Å²) in [5.41, 5.74) is 8.25. The van der Waals surface area contributed by atoms with Crippen LogP contribution < -0.4 is 11.3 Å². The number of nitrogens with two attached hydrogens (primary N) is 1. The molecule has 0 bridgehead atoms. The standard InChI is InChI=1S/C14H18N4/c1-9-6-11(3)13(17-7-9)14(18-15)12-8-16-5-4-10(12)2/h4-8,14,18H,15H2,1-3H3. The number of nitrogens with one attached hydrogen (secondary N) is 1. The molecule has 0 aliphatic heterocycles. The first kappa shape index (κ1) is 12.7. The van der Waals surface area contributed by atoms with E-state index < -0.39 is 0 Å². The molecule has 0 spiro atoms. The molecule has 0 amide bonds. The number of nitrogens with zero attached hydrogens (tertiary/aromatic N) is 2. The molecule has 0 radical (unpaired) electrons. The van der Waals surface area contributed by atoms with Gasteiger partial charge < -0.3 is 0 Å². The molecule has 0 aliphatic rings. The van der Waals surface area contributed by atoms with Gasteiger partial charge in [-0.1, -0.05) is 6.07 Å². The SMILES string of the molecule is Cc1cnc(C(NN)c2cnccc2C)c(C)c1. The quantitative estimate of drug-likeness (QED) is 0.638. The van der Waals surface area contributed by atoms with Crippen molar-refractivity contribution in [1.82, 2.24) is 15.4 Å². The van der Waals surface area contributed by atoms with Crippen molar-refractivity contribution in [2.45, 2.75) is 26.8 Å². The first-order valence-electron chi connectivity index (χ1n) is 5.93. The van der Waals surface area contributed by atoms with E-state index in [0.717, 1.165) is 27.9 Å². The number of hydrogen-bond donors (Lipinski definition) is 2. The van der Waals surface area contributed by atoms with Crippen LogP contribution in [0.2, 0.25) is 0 Å². The molecule has 0 saturated carbocycles. The van der Waals surface area contributed by atoms with E-state index in [1.807, 2.05) is 39.2 Å². The maximum absolute atomic E-state index is 5.69. The van der Waals surface area contributed by atoms with Crippen LogP contribution >= 0.6 is 0 Å². The Morgan fingerprint density at radius 2 is 1.94 bits per heavy atom. The molecular formula is C14H18N4. The minimum atomic E-state index is -0.126. The molecule has 0 aromatic carbocycles. The maximum atomic E-state index is 5.69. The van der Waals surface area contributed by atoms with Crippen molar-refractivity contribution in [1.29, 1.82) is 0 Å². The second-order valence-corrected chi connectivity index (χ2v) is 4.55. The summed E-state index contributed by atoms with van der Waals surface area (Å²) in [6.45, 7) is 6.13. The van der Waals surface area contributed by atoms with Gasteiger partial charge in [-0.25, -0.2) is 5.43 Å². The highest BCUT2D eigenvalue weighted by atomic mass is 15.2. The fourth-order valence-corrected chi connectivity index (χ4v) is 2.12. The van der Waals surface area contributed by atoms with Crippen LogP contribution in [0.25, 0.3) is 0 Å². The largest absolute Gasteiger partial charge is 0.271 e. The van der Waals surface area contributed by atoms with Gasteiger partial charge in [0.2, 0.25) is 0 Å². The number of aromatic nitrogens is 2. The van der Waals surface area contributed by atoms with E-state index in [1.54, 1.807) is 6.20 Å². The molecule has 2 aromatic rings. The zero-order valence-corrected chi connectivity index (χ0v) is 10.9. The van der Waals surface area contributed by atoms with Crippen LogP contribution in [0.4, 0.5) is 0 Å². The first-order valence-corrected chi connectivity index (χ1v) is 5.93. The average molecular weight is 242 g/mol. The summed E-state index contributed by atoms with van der Waals surface area (Å²) in [6, 6.07) is 3.96. The Morgan fingerprint density at radius 1 is 1.17 bits per heavy atom. The summed E-state index contributed by atoms with van der Waals surface area (Å²) < 4.78 is 0. The van der Waals surface area contributed by atoms with Gasteiger partial charge in [0.25, 0.3) is 0 Å². The number of hydrogen-bond acceptors (Lipinski definition) is 4. The van der Waals surface area contributed by atoms with Crippen LogP contribution in [-0.4, -0.2) is 9.97 Å². The van der Waals surface area contributed by atoms with Gasteiger partial charge in [-0.15, -0.1) is 0 Å². The van der Waals surface area contributed by atoms with Gasteiger partial charge in [-0.05, 0) is 49.1 Å². The number of rotatable bonds is 3. The highest BCUT2D eigenvalue weighted by Gasteiger charge is 2.18. The smallest absolute Gasteiger partial charge is 0.0901 e. The molecule has 1 atom stereocenters. The van der Waals surface area contributed by atoms with Crippen LogP contribution in [0.5, 0.6) is 0 Å². The molecule has 94 valence electrons. The van der Waals surface area contributed by atoms with Gasteiger partial charge in [0, 0.05) is 18.6 Å². The Labute approximate surface area is 107 Å². The van der Waals surface area contributed by atoms with E-state index in [4.69, 9.17) is 5.84 Å². The molecule has 4 heteroatoms. The van der Waals surface area contributed by atoms with Gasteiger partial charge in [0.1, 0.15) is 0 Å². The van der Waals surface area contributed by atoms with Crippen LogP contribution in [-0.2, 0) is 0 Å². The fourth-order valence-electron chi connectivity index (χ4n) is 2.12. The molecule has 0 aliphatic carbocycles. The molecule has 18 heavy (non-hydrogen) atoms. The van der Waals surface area contributed by atoms with Crippen LogP contribution in [0, 0.1) is 20.8 Å². The molecule has 0 fully saturated rings. The molecule has 3 N–H and O–H groups in total. The van der Waals surface area contributed by atoms with Crippen molar-refractivity contribution in [3.05, 3.63) is 58.7 Å². The lowest BCUT2D eigenvalue weighted by atomic mass is 9.98. The highest BCUT2D eigenvalue weighted by molar-refractivity contribution is 5.36. The summed E-state index contributed by atoms with van der Waals surface area (Å²) in [4.78, 5) is 8.66. The second kappa shape index (κ2) is 5.25. The van der Waals surface area contributed by atoms with Gasteiger partial charge in [0.15, 0.2) is 0 Å². The third-order valence-corrected chi connectivity index (χ3v) is 3.09. The predicted octanol–water partition coefficient (Wildman–Crippen LogP) is 1.95. The first-order chi connectivity index (χ1) is 8.63. The van der Waals surface area contributed by atoms with E-state index in [0.29, 0.717) is 0 Å². The number of hydrazine groups is 1. The Hall–Kier alpha value is -1.78. The number of aryl methyl sites for hydroxylation is 3. The predicted molar refractivity (Wildman–Crippen MR) is 71.9 cm³/mol. The van der Waals surface area contributed by atoms with Crippen molar-refractivity contribution >= 4 is 0 Å². The Kier molecular flexibility index (Phi) is 3.69. The van der Waals surface area contributed by atoms with Crippen LogP contribution in [0.3, 0.4) is 0 Å². The van der Waals surface area contributed by atoms with E-state index in [1.165, 1.54) is 0 Å². The van der Waals surface area contributed by atoms with E-state index >= 15 is 0 Å². The van der Waals surface area contributed by atoms with Gasteiger partial charge in [-0.3, -0.25) is 15.8 Å². The third kappa shape index (κ3) is 2.39. The number of pyridine rings is 2. The lowest BCUT2D eigenvalue weighted by Crippen LogP contribution is -2.30. The molecule has 1 unspecified atom stereocenters. The normalized spacial score (nSPS) is 12.4. The van der Waals surface area contributed by atoms with Crippen molar-refractivity contribution in [3.63, 3.8) is 0 Å². The fraction of sp³-hybridized carbons (Fsp3) is 0.286. The molecule has 2 aromatic heterocycles. The summed E-state index contributed by atoms with van der Waals surface area (Å²) in [7, 11) is 0. The van der Waals surface area contributed by atoms with Crippen LogP contribution in [0.1, 0.15) is 34.0 Å². The zero-order valence-electron chi connectivity index (χ0n) is 10.9. The van der Waals surface area contributed by atoms with Crippen molar-refractivity contribution in [2.75, 3.05) is 0 Å². The lowest BCUT2D eigenvalue weighted by Gasteiger charge is -2.19. The minimum absolute atomic E-state index is 0.126. The van der Waals surface area contributed by atoms with Gasteiger partial charge in [0.05, 0.1) is 11.7 Å². The highest BCUT2D eigenvalue weighted by Crippen LogP contribution is 2.24. The van der Waals surface area contributed by atoms with Crippen LogP contribution in [0.15, 0.2) is 30.7 Å². The average Bonchev–Trinajstić information content (AvgIpc) is 2.34. The zero-order chi connectivity index (χ0) is 13.1. The molecular weight excluding hydrogens is 224 g/mol. The summed E-state index contributed by atoms with van der Waals surface area (Å²) in [5.74, 6) is 5.69. The maximum Gasteiger partial charge on any atom is 0.0901 e. The molecule has 4 nitrogen and oxygen atoms in total. The lowest BCUT2D eigenvalue weighted by molar-refractivity contribution is 0.611. The summed E-state index contributed by atoms with van der Waals surface area (Å²) >= 11 is 0. The van der Waals surface area contributed by atoms with Gasteiger partial charge >= 0.3 is 0 Å². The summed E-state index contributed by atoms with van der Waals surface area (Å²) in [5, 5.41) is 0. The monoisotopic (exact) mass is 242 g/mol. The third-order valence-electron chi connectivity index (χ3n) is 3.09. The summed E-state index contributed by atoms with van der Waals surface area (Å²) in [6.07, 6.45) is 5.47. The van der Waals surface area contributed by atoms with Crippen molar-refractivity contribution in [3.8, 4) is 0 Å².